The number of hydrogen-bond donors (Lipinski definition) is 2. The number of piperidine rings is 1. The van der Waals surface area contributed by atoms with Gasteiger partial charge < -0.3 is 20.3 Å². The molecule has 0 saturated carbocycles. The Morgan fingerprint density at radius 2 is 1.82 bits per heavy atom. The van der Waals surface area contributed by atoms with Crippen molar-refractivity contribution in [1.82, 2.24) is 10.3 Å². The third-order valence-electron chi connectivity index (χ3n) is 6.39. The second kappa shape index (κ2) is 9.39. The van der Waals surface area contributed by atoms with E-state index in [1.165, 1.54) is 6.42 Å². The standard InChI is InChI=1S/C24H28Cl2N4O3/c1-24(2,33-19-10-7-14(25)13-17(19)26)23(32)29-21-20(22(31)27-3)18(11-12-28-21)30-15-5-4-6-16(30)9-8-15/h7,10-13,15-16H,4-6,8-9H2,1-3H3,(H,27,31)(H,28,29,32). The molecule has 0 radical (unpaired) electrons. The highest BCUT2D eigenvalue weighted by Gasteiger charge is 2.39. The van der Waals surface area contributed by atoms with Crippen LogP contribution in [0.5, 0.6) is 5.75 Å². The smallest absolute Gasteiger partial charge is 0.269 e. The lowest BCUT2D eigenvalue weighted by atomic mass is 10.00. The molecule has 1 aromatic carbocycles. The first kappa shape index (κ1) is 23.6. The van der Waals surface area contributed by atoms with Gasteiger partial charge in [-0.15, -0.1) is 0 Å². The van der Waals surface area contributed by atoms with Crippen molar-refractivity contribution in [1.29, 1.82) is 0 Å². The minimum absolute atomic E-state index is 0.209. The molecule has 2 amide bonds. The van der Waals surface area contributed by atoms with Crippen LogP contribution in [0.25, 0.3) is 0 Å². The average Bonchev–Trinajstić information content (AvgIpc) is 3.02. The van der Waals surface area contributed by atoms with Crippen molar-refractivity contribution in [2.75, 3.05) is 17.3 Å². The fourth-order valence-electron chi connectivity index (χ4n) is 4.76. The van der Waals surface area contributed by atoms with Crippen molar-refractivity contribution in [2.45, 2.75) is 63.6 Å². The number of ether oxygens (including phenoxy) is 1. The lowest BCUT2D eigenvalue weighted by molar-refractivity contribution is -0.128. The summed E-state index contributed by atoms with van der Waals surface area (Å²) in [4.78, 5) is 32.9. The molecule has 2 aliphatic rings. The largest absolute Gasteiger partial charge is 0.476 e. The Kier molecular flexibility index (Phi) is 6.73. The number of nitrogens with zero attached hydrogens (tertiary/aromatic N) is 2. The first-order valence-electron chi connectivity index (χ1n) is 11.2. The summed E-state index contributed by atoms with van der Waals surface area (Å²) >= 11 is 12.2. The highest BCUT2D eigenvalue weighted by molar-refractivity contribution is 6.35. The van der Waals surface area contributed by atoms with Gasteiger partial charge in [-0.2, -0.15) is 0 Å². The van der Waals surface area contributed by atoms with Gasteiger partial charge in [0.2, 0.25) is 0 Å². The van der Waals surface area contributed by atoms with Gasteiger partial charge >= 0.3 is 0 Å². The first-order chi connectivity index (χ1) is 15.7. The number of amides is 2. The molecular formula is C24H28Cl2N4O3. The number of rotatable bonds is 6. The lowest BCUT2D eigenvalue weighted by Gasteiger charge is -2.38. The molecule has 2 bridgehead atoms. The van der Waals surface area contributed by atoms with Crippen LogP contribution in [0.4, 0.5) is 11.5 Å². The number of pyridine rings is 1. The summed E-state index contributed by atoms with van der Waals surface area (Å²) in [7, 11) is 1.57. The number of halogens is 2. The van der Waals surface area contributed by atoms with Crippen LogP contribution in [-0.2, 0) is 4.79 Å². The molecule has 2 saturated heterocycles. The van der Waals surface area contributed by atoms with E-state index in [4.69, 9.17) is 27.9 Å². The average molecular weight is 491 g/mol. The van der Waals surface area contributed by atoms with Crippen LogP contribution in [0.1, 0.15) is 56.3 Å². The quantitative estimate of drug-likeness (QED) is 0.590. The normalized spacial score (nSPS) is 19.8. The highest BCUT2D eigenvalue weighted by atomic mass is 35.5. The molecule has 2 aliphatic heterocycles. The highest BCUT2D eigenvalue weighted by Crippen LogP contribution is 2.41. The van der Waals surface area contributed by atoms with E-state index in [9.17, 15) is 9.59 Å². The van der Waals surface area contributed by atoms with E-state index in [-0.39, 0.29) is 11.7 Å². The SMILES string of the molecule is CNC(=O)c1c(N2C3CCCC2CC3)ccnc1NC(=O)C(C)(C)Oc1ccc(Cl)cc1Cl. The summed E-state index contributed by atoms with van der Waals surface area (Å²) < 4.78 is 5.90. The summed E-state index contributed by atoms with van der Waals surface area (Å²) in [5.74, 6) is -0.206. The monoisotopic (exact) mass is 490 g/mol. The van der Waals surface area contributed by atoms with Crippen molar-refractivity contribution in [3.05, 3.63) is 46.1 Å². The molecule has 0 aliphatic carbocycles. The number of carbonyl (C=O) groups is 2. The maximum absolute atomic E-state index is 13.2. The van der Waals surface area contributed by atoms with Crippen LogP contribution in [-0.4, -0.2) is 41.5 Å². The minimum Gasteiger partial charge on any atom is -0.476 e. The molecule has 2 N–H and O–H groups in total. The van der Waals surface area contributed by atoms with E-state index in [1.807, 2.05) is 6.07 Å². The third kappa shape index (κ3) is 4.75. The van der Waals surface area contributed by atoms with Gasteiger partial charge in [-0.25, -0.2) is 4.98 Å². The Morgan fingerprint density at radius 1 is 1.12 bits per heavy atom. The number of fused-ring (bicyclic) bond motifs is 2. The molecule has 2 unspecified atom stereocenters. The van der Waals surface area contributed by atoms with Crippen LogP contribution >= 0.6 is 23.2 Å². The van der Waals surface area contributed by atoms with Crippen LogP contribution in [0, 0.1) is 0 Å². The summed E-state index contributed by atoms with van der Waals surface area (Å²) in [5, 5.41) is 6.28. The molecule has 1 aromatic heterocycles. The number of hydrogen-bond acceptors (Lipinski definition) is 5. The van der Waals surface area contributed by atoms with Gasteiger partial charge in [0.15, 0.2) is 5.60 Å². The van der Waals surface area contributed by atoms with Crippen molar-refractivity contribution in [2.24, 2.45) is 0 Å². The molecule has 2 atom stereocenters. The van der Waals surface area contributed by atoms with Crippen LogP contribution in [0.2, 0.25) is 10.0 Å². The van der Waals surface area contributed by atoms with Crippen LogP contribution in [0.15, 0.2) is 30.5 Å². The second-order valence-electron chi connectivity index (χ2n) is 9.00. The second-order valence-corrected chi connectivity index (χ2v) is 9.84. The fraction of sp³-hybridized carbons (Fsp3) is 0.458. The van der Waals surface area contributed by atoms with Gasteiger partial charge in [-0.05, 0) is 70.2 Å². The Hall–Kier alpha value is -2.51. The number of aromatic nitrogens is 1. The lowest BCUT2D eigenvalue weighted by Crippen LogP contribution is -2.44. The molecule has 9 heteroatoms. The maximum atomic E-state index is 13.2. The summed E-state index contributed by atoms with van der Waals surface area (Å²) in [6.45, 7) is 3.25. The molecule has 2 aromatic rings. The van der Waals surface area contributed by atoms with E-state index < -0.39 is 11.5 Å². The van der Waals surface area contributed by atoms with E-state index in [2.05, 4.69) is 20.5 Å². The predicted molar refractivity (Wildman–Crippen MR) is 131 cm³/mol. The predicted octanol–water partition coefficient (Wildman–Crippen LogP) is 5.07. The van der Waals surface area contributed by atoms with E-state index >= 15 is 0 Å². The maximum Gasteiger partial charge on any atom is 0.269 e. The van der Waals surface area contributed by atoms with Gasteiger partial charge in [0.25, 0.3) is 11.8 Å². The molecule has 33 heavy (non-hydrogen) atoms. The summed E-state index contributed by atoms with van der Waals surface area (Å²) in [6, 6.07) is 7.48. The van der Waals surface area contributed by atoms with Gasteiger partial charge in [-0.3, -0.25) is 9.59 Å². The Morgan fingerprint density at radius 3 is 2.45 bits per heavy atom. The number of carbonyl (C=O) groups excluding carboxylic acids is 2. The zero-order valence-corrected chi connectivity index (χ0v) is 20.5. The molecule has 4 rings (SSSR count). The van der Waals surface area contributed by atoms with Gasteiger partial charge in [0.05, 0.1) is 10.7 Å². The molecule has 0 spiro atoms. The zero-order valence-electron chi connectivity index (χ0n) is 19.0. The van der Waals surface area contributed by atoms with Gasteiger partial charge in [0, 0.05) is 30.4 Å². The van der Waals surface area contributed by atoms with Crippen LogP contribution in [0.3, 0.4) is 0 Å². The van der Waals surface area contributed by atoms with Gasteiger partial charge in [-0.1, -0.05) is 23.2 Å². The fourth-order valence-corrected chi connectivity index (χ4v) is 5.21. The van der Waals surface area contributed by atoms with Crippen molar-refractivity contribution >= 4 is 46.5 Å². The minimum atomic E-state index is -1.29. The van der Waals surface area contributed by atoms with Crippen LogP contribution < -0.4 is 20.3 Å². The van der Waals surface area contributed by atoms with E-state index in [1.54, 1.807) is 45.3 Å². The molecular weight excluding hydrogens is 463 g/mol. The summed E-state index contributed by atoms with van der Waals surface area (Å²) in [6.07, 6.45) is 7.28. The Labute approximate surface area is 203 Å². The third-order valence-corrected chi connectivity index (χ3v) is 6.92. The zero-order chi connectivity index (χ0) is 23.8. The van der Waals surface area contributed by atoms with Crippen molar-refractivity contribution in [3.8, 4) is 5.75 Å². The molecule has 3 heterocycles. The van der Waals surface area contributed by atoms with Crippen molar-refractivity contribution in [3.63, 3.8) is 0 Å². The van der Waals surface area contributed by atoms with E-state index in [0.717, 1.165) is 31.4 Å². The Bertz CT molecular complexity index is 1060. The number of nitrogens with one attached hydrogen (secondary N) is 2. The number of benzene rings is 1. The Balaban J connectivity index is 1.63. The van der Waals surface area contributed by atoms with E-state index in [0.29, 0.717) is 33.4 Å². The molecule has 176 valence electrons. The molecule has 2 fully saturated rings. The topological polar surface area (TPSA) is 83.6 Å². The number of anilines is 2. The first-order valence-corrected chi connectivity index (χ1v) is 11.9. The van der Waals surface area contributed by atoms with Gasteiger partial charge in [0.1, 0.15) is 17.1 Å². The summed E-state index contributed by atoms with van der Waals surface area (Å²) in [5.41, 5.74) is -0.113. The van der Waals surface area contributed by atoms with Crippen molar-refractivity contribution < 1.29 is 14.3 Å². The molecule has 7 nitrogen and oxygen atoms in total.